The SMILES string of the molecule is C[C@H](N)C(=O)N[C@@H](Cc1ccccc1)C(=O)N[C@@H](Cc1ccc(O)cc1)C(=O)N[C@@H](CC(=O)O)C(=O)N[C@@H](Cc1c[nH]c2ccccc12)C(=O)N[C@@H](Cc1ccccc1)C(=O)N[C@@H](C)C(=O)N[C@@H](CCCCN)C(=O)N[C@@H](CCCCN)C(=O)O. The van der Waals surface area contributed by atoms with Crippen molar-refractivity contribution >= 4 is 70.1 Å². The Morgan fingerprint density at radius 3 is 1.34 bits per heavy atom. The fourth-order valence-corrected chi connectivity index (χ4v) is 9.16. The number of phenols is 1. The number of hydrogen-bond acceptors (Lipinski definition) is 14. The number of nitrogens with one attached hydrogen (secondary N) is 9. The molecule has 0 aliphatic rings. The van der Waals surface area contributed by atoms with E-state index in [0.29, 0.717) is 65.4 Å². The van der Waals surface area contributed by atoms with Gasteiger partial charge in [-0.15, -0.1) is 0 Å². The summed E-state index contributed by atoms with van der Waals surface area (Å²) in [5.41, 5.74) is 19.9. The molecule has 85 heavy (non-hydrogen) atoms. The van der Waals surface area contributed by atoms with Crippen LogP contribution in [-0.4, -0.2) is 147 Å². The monoisotopic (exact) mass is 1170 g/mol. The number of unbranched alkanes of at least 4 members (excludes halogenated alkanes) is 2. The number of carboxylic acid groups (broad SMARTS) is 2. The summed E-state index contributed by atoms with van der Waals surface area (Å²) >= 11 is 0. The Kier molecular flexibility index (Phi) is 26.5. The van der Waals surface area contributed by atoms with Gasteiger partial charge in [0, 0.05) is 42.8 Å². The molecule has 456 valence electrons. The predicted molar refractivity (Wildman–Crippen MR) is 315 cm³/mol. The van der Waals surface area contributed by atoms with E-state index in [1.54, 1.807) is 91.1 Å². The van der Waals surface area contributed by atoms with Crippen LogP contribution < -0.4 is 59.7 Å². The minimum atomic E-state index is -1.91. The Hall–Kier alpha value is -9.20. The molecule has 9 atom stereocenters. The number of carbonyl (C=O) groups is 10. The molecule has 0 spiro atoms. The Morgan fingerprint density at radius 2 is 0.847 bits per heavy atom. The molecule has 5 rings (SSSR count). The van der Waals surface area contributed by atoms with Crippen molar-refractivity contribution in [3.63, 3.8) is 0 Å². The number of phenolic OH excluding ortho intramolecular Hbond substituents is 1. The number of aromatic nitrogens is 1. The number of rotatable bonds is 35. The second-order valence-corrected chi connectivity index (χ2v) is 20.8. The van der Waals surface area contributed by atoms with Crippen molar-refractivity contribution in [3.8, 4) is 5.75 Å². The highest BCUT2D eigenvalue weighted by molar-refractivity contribution is 5.99. The molecule has 1 aromatic heterocycles. The summed E-state index contributed by atoms with van der Waals surface area (Å²) in [5.74, 6) is -10.0. The van der Waals surface area contributed by atoms with Crippen LogP contribution in [0.5, 0.6) is 5.75 Å². The molecule has 0 aliphatic carbocycles. The fourth-order valence-electron chi connectivity index (χ4n) is 9.16. The molecule has 1 heterocycles. The Balaban J connectivity index is 1.43. The van der Waals surface area contributed by atoms with Crippen molar-refractivity contribution < 1.29 is 63.3 Å². The number of aliphatic carboxylic acids is 2. The molecule has 5 aromatic rings. The van der Waals surface area contributed by atoms with Gasteiger partial charge in [-0.1, -0.05) is 91.0 Å². The van der Waals surface area contributed by atoms with Crippen molar-refractivity contribution in [2.75, 3.05) is 13.1 Å². The van der Waals surface area contributed by atoms with Crippen LogP contribution in [0.2, 0.25) is 0 Å². The standard InChI is InChI=1S/C60H78N12O13/c1-35(63)52(76)68-47(30-38-17-7-4-8-18-38)56(80)70-48(31-39-23-25-41(73)26-24-39)57(81)72-50(33-51(74)75)59(83)71-49(32-40-34-64-43-20-10-9-19-42(40)43)58(82)69-46(29-37-15-5-3-6-16-37)55(79)65-36(2)53(77)66-44(21-11-13-27-61)54(78)67-45(60(84)85)22-12-14-28-62/h3-10,15-20,23-26,34-36,44-50,64,73H,11-14,21-22,27-33,61-63H2,1-2H3,(H,65,79)(H,66,77)(H,67,78)(H,68,76)(H,69,82)(H,70,80)(H,71,83)(H,72,81)(H,74,75)(H,84,85)/t35-,36-,44-,45-,46-,47-,48-,49-,50-/m0/s1. The van der Waals surface area contributed by atoms with Gasteiger partial charge in [0.2, 0.25) is 47.3 Å². The zero-order chi connectivity index (χ0) is 62.0. The lowest BCUT2D eigenvalue weighted by molar-refractivity contribution is -0.142. The molecule has 0 bridgehead atoms. The van der Waals surface area contributed by atoms with E-state index in [1.165, 1.54) is 38.1 Å². The number of para-hydroxylation sites is 1. The molecular formula is C60H78N12O13. The largest absolute Gasteiger partial charge is 0.508 e. The van der Waals surface area contributed by atoms with Gasteiger partial charge in [0.1, 0.15) is 54.1 Å². The minimum Gasteiger partial charge on any atom is -0.508 e. The van der Waals surface area contributed by atoms with E-state index >= 15 is 0 Å². The van der Waals surface area contributed by atoms with Gasteiger partial charge >= 0.3 is 11.9 Å². The number of aromatic hydroxyl groups is 1. The first-order valence-corrected chi connectivity index (χ1v) is 28.1. The summed E-state index contributed by atoms with van der Waals surface area (Å²) < 4.78 is 0. The van der Waals surface area contributed by atoms with Gasteiger partial charge < -0.3 is 80.0 Å². The first-order chi connectivity index (χ1) is 40.6. The second kappa shape index (κ2) is 33.8. The molecule has 0 saturated carbocycles. The van der Waals surface area contributed by atoms with Gasteiger partial charge in [-0.25, -0.2) is 4.79 Å². The number of nitrogens with two attached hydrogens (primary N) is 3. The molecule has 0 unspecified atom stereocenters. The van der Waals surface area contributed by atoms with Crippen LogP contribution in [0.25, 0.3) is 10.9 Å². The second-order valence-electron chi connectivity index (χ2n) is 20.8. The van der Waals surface area contributed by atoms with Crippen molar-refractivity contribution in [2.24, 2.45) is 17.2 Å². The third-order valence-electron chi connectivity index (χ3n) is 13.9. The molecule has 18 N–H and O–H groups in total. The van der Waals surface area contributed by atoms with Crippen molar-refractivity contribution in [1.29, 1.82) is 0 Å². The van der Waals surface area contributed by atoms with Crippen LogP contribution in [0.3, 0.4) is 0 Å². The zero-order valence-electron chi connectivity index (χ0n) is 47.5. The van der Waals surface area contributed by atoms with Crippen molar-refractivity contribution in [1.82, 2.24) is 47.5 Å². The molecule has 0 aliphatic heterocycles. The number of amides is 8. The van der Waals surface area contributed by atoms with Gasteiger partial charge in [-0.05, 0) is 106 Å². The Labute approximate surface area is 491 Å². The maximum Gasteiger partial charge on any atom is 0.326 e. The number of H-pyrrole nitrogens is 1. The summed E-state index contributed by atoms with van der Waals surface area (Å²) in [7, 11) is 0. The third-order valence-corrected chi connectivity index (χ3v) is 13.9. The molecule has 8 amide bonds. The van der Waals surface area contributed by atoms with Crippen LogP contribution >= 0.6 is 0 Å². The summed E-state index contributed by atoms with van der Waals surface area (Å²) in [6.07, 6.45) is 1.87. The number of carbonyl (C=O) groups excluding carboxylic acids is 8. The van der Waals surface area contributed by atoms with E-state index in [1.807, 2.05) is 0 Å². The number of hydrogen-bond donors (Lipinski definition) is 15. The molecule has 4 aromatic carbocycles. The molecule has 25 heteroatoms. The summed E-state index contributed by atoms with van der Waals surface area (Å²) in [6.45, 7) is 3.37. The van der Waals surface area contributed by atoms with Crippen LogP contribution in [0.1, 0.15) is 81.0 Å². The van der Waals surface area contributed by atoms with Gasteiger partial charge in [0.15, 0.2) is 0 Å². The Morgan fingerprint density at radius 1 is 0.447 bits per heavy atom. The smallest absolute Gasteiger partial charge is 0.326 e. The minimum absolute atomic E-state index is 0.0318. The number of fused-ring (bicyclic) bond motifs is 1. The number of benzene rings is 4. The van der Waals surface area contributed by atoms with Gasteiger partial charge in [-0.3, -0.25) is 43.2 Å². The summed E-state index contributed by atoms with van der Waals surface area (Å²) in [5, 5.41) is 51.4. The molecule has 0 radical (unpaired) electrons. The first-order valence-electron chi connectivity index (χ1n) is 28.1. The third kappa shape index (κ3) is 21.8. The van der Waals surface area contributed by atoms with Crippen LogP contribution in [-0.2, 0) is 73.6 Å². The van der Waals surface area contributed by atoms with E-state index in [0.717, 1.165) is 0 Å². The summed E-state index contributed by atoms with van der Waals surface area (Å²) in [4.78, 5) is 141. The lowest BCUT2D eigenvalue weighted by Gasteiger charge is -2.27. The van der Waals surface area contributed by atoms with E-state index in [2.05, 4.69) is 47.5 Å². The van der Waals surface area contributed by atoms with Gasteiger partial charge in [0.05, 0.1) is 12.5 Å². The molecule has 0 saturated heterocycles. The average Bonchev–Trinajstić information content (AvgIpc) is 3.63. The van der Waals surface area contributed by atoms with E-state index in [4.69, 9.17) is 17.2 Å². The highest BCUT2D eigenvalue weighted by Gasteiger charge is 2.36. The maximum absolute atomic E-state index is 14.9. The molecule has 0 fully saturated rings. The van der Waals surface area contributed by atoms with E-state index in [9.17, 15) is 63.3 Å². The lowest BCUT2D eigenvalue weighted by Crippen LogP contribution is -2.61. The van der Waals surface area contributed by atoms with Gasteiger partial charge in [0.25, 0.3) is 0 Å². The highest BCUT2D eigenvalue weighted by atomic mass is 16.4. The summed E-state index contributed by atoms with van der Waals surface area (Å²) in [6, 6.07) is 17.3. The number of aromatic amines is 1. The molecule has 25 nitrogen and oxygen atoms in total. The van der Waals surface area contributed by atoms with E-state index < -0.39 is 120 Å². The van der Waals surface area contributed by atoms with Crippen LogP contribution in [0, 0.1) is 0 Å². The fraction of sp³-hybridized carbons (Fsp3) is 0.400. The van der Waals surface area contributed by atoms with Crippen LogP contribution in [0.4, 0.5) is 0 Å². The molecular weight excluding hydrogens is 1100 g/mol. The van der Waals surface area contributed by atoms with Crippen LogP contribution in [0.15, 0.2) is 115 Å². The van der Waals surface area contributed by atoms with Crippen molar-refractivity contribution in [2.45, 2.75) is 139 Å². The predicted octanol–water partition coefficient (Wildman–Crippen LogP) is 0.207. The quantitative estimate of drug-likeness (QED) is 0.0241. The zero-order valence-corrected chi connectivity index (χ0v) is 47.5. The number of carboxylic acids is 2. The normalized spacial score (nSPS) is 14.3. The maximum atomic E-state index is 14.9. The van der Waals surface area contributed by atoms with E-state index in [-0.39, 0.29) is 50.8 Å². The first kappa shape index (κ1) is 66.6. The topological polar surface area (TPSA) is 421 Å². The van der Waals surface area contributed by atoms with Crippen molar-refractivity contribution in [3.05, 3.63) is 138 Å². The average molecular weight is 1180 g/mol. The van der Waals surface area contributed by atoms with Gasteiger partial charge in [-0.2, -0.15) is 0 Å². The lowest BCUT2D eigenvalue weighted by atomic mass is 10.0. The highest BCUT2D eigenvalue weighted by Crippen LogP contribution is 2.20. The Bertz CT molecular complexity index is 3050.